The number of hydrogen-bond acceptors (Lipinski definition) is 3. The summed E-state index contributed by atoms with van der Waals surface area (Å²) in [5.41, 5.74) is 2.74. The second kappa shape index (κ2) is 9.76. The average molecular weight is 346 g/mol. The third kappa shape index (κ3) is 6.17. The van der Waals surface area contributed by atoms with Gasteiger partial charge in [-0.05, 0) is 35.2 Å². The highest BCUT2D eigenvalue weighted by atomic mass is 19.1. The minimum absolute atomic E-state index is 0.0235. The monoisotopic (exact) mass is 346 g/mol. The molecule has 0 aliphatic rings. The number of amides is 2. The van der Waals surface area contributed by atoms with E-state index >= 15 is 0 Å². The van der Waals surface area contributed by atoms with E-state index in [9.17, 15) is 9.18 Å². The Morgan fingerprint density at radius 3 is 2.32 bits per heavy atom. The van der Waals surface area contributed by atoms with Crippen molar-refractivity contribution >= 4 is 6.03 Å². The van der Waals surface area contributed by atoms with Crippen molar-refractivity contribution < 1.29 is 19.0 Å². The number of urea groups is 1. The summed E-state index contributed by atoms with van der Waals surface area (Å²) in [4.78, 5) is 11.9. The van der Waals surface area contributed by atoms with Crippen LogP contribution in [0.15, 0.2) is 48.5 Å². The van der Waals surface area contributed by atoms with Crippen LogP contribution < -0.4 is 10.6 Å². The van der Waals surface area contributed by atoms with E-state index in [0.717, 1.165) is 16.7 Å². The smallest absolute Gasteiger partial charge is 0.314 e. The summed E-state index contributed by atoms with van der Waals surface area (Å²) in [6.45, 7) is 0.813. The van der Waals surface area contributed by atoms with E-state index in [1.165, 1.54) is 12.1 Å². The first-order valence-corrected chi connectivity index (χ1v) is 8.11. The topological polar surface area (TPSA) is 70.6 Å². The summed E-state index contributed by atoms with van der Waals surface area (Å²) < 4.78 is 18.3. The summed E-state index contributed by atoms with van der Waals surface area (Å²) in [5, 5.41) is 14.5. The Balaban J connectivity index is 1.72. The van der Waals surface area contributed by atoms with Crippen LogP contribution in [0.3, 0.4) is 0 Å². The molecule has 2 aromatic carbocycles. The standard InChI is InChI=1S/C19H23FN2O3/c1-25-18(16-6-8-17(20)9-7-16)12-22-19(24)21-11-10-14-2-4-15(13-23)5-3-14/h2-9,18,23H,10-13H2,1H3,(H2,21,22,24). The molecule has 3 N–H and O–H groups in total. The van der Waals surface area contributed by atoms with E-state index in [2.05, 4.69) is 10.6 Å². The second-order valence-electron chi connectivity index (χ2n) is 5.64. The third-order valence-corrected chi connectivity index (χ3v) is 3.88. The molecule has 6 heteroatoms. The summed E-state index contributed by atoms with van der Waals surface area (Å²) in [5.74, 6) is -0.309. The average Bonchev–Trinajstić information content (AvgIpc) is 2.64. The summed E-state index contributed by atoms with van der Waals surface area (Å²) in [6.07, 6.45) is 0.363. The number of benzene rings is 2. The van der Waals surface area contributed by atoms with E-state index in [1.54, 1.807) is 19.2 Å². The molecule has 0 saturated carbocycles. The van der Waals surface area contributed by atoms with Crippen LogP contribution in [0.1, 0.15) is 22.8 Å². The normalized spacial score (nSPS) is 11.8. The van der Waals surface area contributed by atoms with Crippen LogP contribution in [-0.4, -0.2) is 31.3 Å². The quantitative estimate of drug-likeness (QED) is 0.688. The van der Waals surface area contributed by atoms with Crippen molar-refractivity contribution in [2.45, 2.75) is 19.1 Å². The van der Waals surface area contributed by atoms with Crippen molar-refractivity contribution in [2.24, 2.45) is 0 Å². The third-order valence-electron chi connectivity index (χ3n) is 3.88. The Morgan fingerprint density at radius 1 is 1.08 bits per heavy atom. The lowest BCUT2D eigenvalue weighted by atomic mass is 10.1. The molecule has 0 spiro atoms. The van der Waals surface area contributed by atoms with Crippen LogP contribution in [0, 0.1) is 5.82 Å². The molecule has 134 valence electrons. The van der Waals surface area contributed by atoms with Gasteiger partial charge in [0.15, 0.2) is 0 Å². The van der Waals surface area contributed by atoms with Gasteiger partial charge in [0.2, 0.25) is 0 Å². The van der Waals surface area contributed by atoms with Gasteiger partial charge in [0, 0.05) is 20.2 Å². The van der Waals surface area contributed by atoms with Gasteiger partial charge in [-0.25, -0.2) is 9.18 Å². The number of ether oxygens (including phenoxy) is 1. The fraction of sp³-hybridized carbons (Fsp3) is 0.316. The van der Waals surface area contributed by atoms with Crippen molar-refractivity contribution in [2.75, 3.05) is 20.2 Å². The predicted molar refractivity (Wildman–Crippen MR) is 93.6 cm³/mol. The number of nitrogens with one attached hydrogen (secondary N) is 2. The van der Waals surface area contributed by atoms with Gasteiger partial charge in [-0.15, -0.1) is 0 Å². The molecule has 0 aliphatic carbocycles. The first-order valence-electron chi connectivity index (χ1n) is 8.11. The van der Waals surface area contributed by atoms with E-state index < -0.39 is 0 Å². The fourth-order valence-electron chi connectivity index (χ4n) is 2.39. The molecule has 0 fully saturated rings. The number of aliphatic hydroxyl groups excluding tert-OH is 1. The first kappa shape index (κ1) is 18.9. The number of carbonyl (C=O) groups is 1. The summed E-state index contributed by atoms with van der Waals surface area (Å²) >= 11 is 0. The van der Waals surface area contributed by atoms with Crippen molar-refractivity contribution in [3.63, 3.8) is 0 Å². The van der Waals surface area contributed by atoms with Crippen molar-refractivity contribution in [1.29, 1.82) is 0 Å². The minimum atomic E-state index is -0.336. The van der Waals surface area contributed by atoms with Gasteiger partial charge in [-0.3, -0.25) is 0 Å². The molecule has 2 aromatic rings. The van der Waals surface area contributed by atoms with Gasteiger partial charge < -0.3 is 20.5 Å². The van der Waals surface area contributed by atoms with E-state index in [-0.39, 0.29) is 24.6 Å². The molecule has 25 heavy (non-hydrogen) atoms. The molecule has 0 heterocycles. The molecule has 0 saturated heterocycles. The molecular formula is C19H23FN2O3. The molecule has 1 unspecified atom stereocenters. The lowest BCUT2D eigenvalue weighted by Crippen LogP contribution is -2.39. The largest absolute Gasteiger partial charge is 0.392 e. The van der Waals surface area contributed by atoms with E-state index in [1.807, 2.05) is 24.3 Å². The van der Waals surface area contributed by atoms with Crippen LogP contribution >= 0.6 is 0 Å². The van der Waals surface area contributed by atoms with E-state index in [0.29, 0.717) is 19.5 Å². The Labute approximate surface area is 146 Å². The summed E-state index contributed by atoms with van der Waals surface area (Å²) in [6, 6.07) is 13.3. The van der Waals surface area contributed by atoms with Crippen molar-refractivity contribution in [3.8, 4) is 0 Å². The highest BCUT2D eigenvalue weighted by Crippen LogP contribution is 2.16. The van der Waals surface area contributed by atoms with Crippen molar-refractivity contribution in [1.82, 2.24) is 10.6 Å². The zero-order valence-corrected chi connectivity index (χ0v) is 14.2. The SMILES string of the molecule is COC(CNC(=O)NCCc1ccc(CO)cc1)c1ccc(F)cc1. The number of aliphatic hydroxyl groups is 1. The lowest BCUT2D eigenvalue weighted by Gasteiger charge is -2.17. The van der Waals surface area contributed by atoms with Crippen LogP contribution in [0.2, 0.25) is 0 Å². The van der Waals surface area contributed by atoms with Gasteiger partial charge in [0.05, 0.1) is 12.7 Å². The second-order valence-corrected chi connectivity index (χ2v) is 5.64. The highest BCUT2D eigenvalue weighted by Gasteiger charge is 2.12. The summed E-state index contributed by atoms with van der Waals surface area (Å²) in [7, 11) is 1.55. The Bertz CT molecular complexity index is 659. The Hall–Kier alpha value is -2.44. The Kier molecular flexibility index (Phi) is 7.37. The van der Waals surface area contributed by atoms with Crippen LogP contribution in [-0.2, 0) is 17.8 Å². The van der Waals surface area contributed by atoms with E-state index in [4.69, 9.17) is 9.84 Å². The number of hydrogen-bond donors (Lipinski definition) is 3. The molecular weight excluding hydrogens is 323 g/mol. The molecule has 0 bridgehead atoms. The molecule has 0 aromatic heterocycles. The number of methoxy groups -OCH3 is 1. The zero-order chi connectivity index (χ0) is 18.1. The van der Waals surface area contributed by atoms with Gasteiger partial charge in [0.1, 0.15) is 5.82 Å². The van der Waals surface area contributed by atoms with Gasteiger partial charge in [-0.2, -0.15) is 0 Å². The van der Waals surface area contributed by atoms with Gasteiger partial charge >= 0.3 is 6.03 Å². The molecule has 2 rings (SSSR count). The minimum Gasteiger partial charge on any atom is -0.392 e. The predicted octanol–water partition coefficient (Wildman–Crippen LogP) is 2.55. The van der Waals surface area contributed by atoms with Crippen LogP contribution in [0.25, 0.3) is 0 Å². The van der Waals surface area contributed by atoms with Crippen LogP contribution in [0.4, 0.5) is 9.18 Å². The number of rotatable bonds is 8. The van der Waals surface area contributed by atoms with Gasteiger partial charge in [-0.1, -0.05) is 36.4 Å². The number of carbonyl (C=O) groups excluding carboxylic acids is 1. The lowest BCUT2D eigenvalue weighted by molar-refractivity contribution is 0.104. The van der Waals surface area contributed by atoms with Crippen LogP contribution in [0.5, 0.6) is 0 Å². The fourth-order valence-corrected chi connectivity index (χ4v) is 2.39. The molecule has 2 amide bonds. The maximum atomic E-state index is 13.0. The maximum absolute atomic E-state index is 13.0. The van der Waals surface area contributed by atoms with Crippen molar-refractivity contribution in [3.05, 3.63) is 71.0 Å². The highest BCUT2D eigenvalue weighted by molar-refractivity contribution is 5.73. The number of halogens is 1. The molecule has 5 nitrogen and oxygen atoms in total. The molecule has 1 atom stereocenters. The van der Waals surface area contributed by atoms with Gasteiger partial charge in [0.25, 0.3) is 0 Å². The zero-order valence-electron chi connectivity index (χ0n) is 14.2. The Morgan fingerprint density at radius 2 is 1.72 bits per heavy atom. The molecule has 0 radical (unpaired) electrons. The first-order chi connectivity index (χ1) is 12.1. The maximum Gasteiger partial charge on any atom is 0.314 e. The molecule has 0 aliphatic heterocycles.